The first kappa shape index (κ1) is 21.2. The van der Waals surface area contributed by atoms with E-state index in [4.69, 9.17) is 24.7 Å². The second kappa shape index (κ2) is 9.77. The lowest BCUT2D eigenvalue weighted by atomic mass is 10.2. The molecular weight excluding hydrogens is 390 g/mol. The molecule has 0 unspecified atom stereocenters. The second-order valence-corrected chi connectivity index (χ2v) is 6.35. The molecule has 160 valence electrons. The lowest BCUT2D eigenvalue weighted by Crippen LogP contribution is -2.13. The predicted molar refractivity (Wildman–Crippen MR) is 110 cm³/mol. The Morgan fingerprint density at radius 1 is 1.10 bits per heavy atom. The van der Waals surface area contributed by atoms with Crippen molar-refractivity contribution in [3.63, 3.8) is 0 Å². The van der Waals surface area contributed by atoms with Gasteiger partial charge in [-0.25, -0.2) is 4.79 Å². The minimum absolute atomic E-state index is 0.189. The van der Waals surface area contributed by atoms with Gasteiger partial charge in [-0.2, -0.15) is 15.0 Å². The topological polar surface area (TPSA) is 124 Å². The van der Waals surface area contributed by atoms with E-state index in [-0.39, 0.29) is 18.4 Å². The number of anilines is 1. The molecule has 3 aromatic rings. The number of aromatic nitrogens is 4. The van der Waals surface area contributed by atoms with Crippen LogP contribution in [-0.4, -0.2) is 52.9 Å². The van der Waals surface area contributed by atoms with Gasteiger partial charge in [0, 0.05) is 0 Å². The molecule has 0 saturated heterocycles. The number of esters is 1. The number of fused-ring (bicyclic) bond motifs is 1. The van der Waals surface area contributed by atoms with Crippen molar-refractivity contribution < 1.29 is 23.7 Å². The molecule has 0 amide bonds. The third-order valence-electron chi connectivity index (χ3n) is 4.34. The SMILES string of the molecule is CCCCOc1nc(N)c2nc(OC)n(CCOc3ccccc3C(=O)OC)c2n1. The smallest absolute Gasteiger partial charge is 0.341 e. The monoisotopic (exact) mass is 415 g/mol. The number of rotatable bonds is 10. The van der Waals surface area contributed by atoms with Gasteiger partial charge in [0.2, 0.25) is 0 Å². The van der Waals surface area contributed by atoms with Gasteiger partial charge in [-0.05, 0) is 18.6 Å². The number of imidazole rings is 1. The van der Waals surface area contributed by atoms with Crippen LogP contribution in [0.5, 0.6) is 17.8 Å². The molecule has 0 radical (unpaired) electrons. The van der Waals surface area contributed by atoms with Gasteiger partial charge >= 0.3 is 12.0 Å². The highest BCUT2D eigenvalue weighted by atomic mass is 16.5. The van der Waals surface area contributed by atoms with E-state index in [0.29, 0.717) is 41.6 Å². The predicted octanol–water partition coefficient (Wildman–Crippen LogP) is 2.46. The van der Waals surface area contributed by atoms with Crippen LogP contribution in [0.3, 0.4) is 0 Å². The standard InChI is InChI=1S/C20H25N5O5/c1-4-5-11-30-19-23-16(21)15-17(24-19)25(20(22-15)28-3)10-12-29-14-9-7-6-8-13(14)18(26)27-2/h6-9H,4-5,10-12H2,1-3H3,(H2,21,23,24). The highest BCUT2D eigenvalue weighted by molar-refractivity contribution is 5.92. The Morgan fingerprint density at radius 3 is 2.63 bits per heavy atom. The van der Waals surface area contributed by atoms with E-state index in [1.54, 1.807) is 28.8 Å². The number of nitrogens with two attached hydrogens (primary N) is 1. The highest BCUT2D eigenvalue weighted by Crippen LogP contribution is 2.26. The summed E-state index contributed by atoms with van der Waals surface area (Å²) in [5.41, 5.74) is 7.29. The Morgan fingerprint density at radius 2 is 1.90 bits per heavy atom. The molecule has 0 saturated carbocycles. The molecule has 2 heterocycles. The molecule has 0 aliphatic rings. The van der Waals surface area contributed by atoms with E-state index in [0.717, 1.165) is 12.8 Å². The number of benzene rings is 1. The molecule has 1 aromatic carbocycles. The summed E-state index contributed by atoms with van der Waals surface area (Å²) in [4.78, 5) is 24.9. The minimum atomic E-state index is -0.467. The number of carbonyl (C=O) groups is 1. The van der Waals surface area contributed by atoms with Crippen LogP contribution in [0.4, 0.5) is 5.82 Å². The largest absolute Gasteiger partial charge is 0.491 e. The maximum atomic E-state index is 11.9. The van der Waals surface area contributed by atoms with Crippen molar-refractivity contribution in [2.45, 2.75) is 26.3 Å². The molecule has 3 rings (SSSR count). The fourth-order valence-electron chi connectivity index (χ4n) is 2.83. The first-order chi connectivity index (χ1) is 14.6. The number of carbonyl (C=O) groups excluding carboxylic acids is 1. The normalized spacial score (nSPS) is 10.8. The number of unbranched alkanes of at least 4 members (excludes halogenated alkanes) is 1. The van der Waals surface area contributed by atoms with Crippen molar-refractivity contribution in [1.29, 1.82) is 0 Å². The summed E-state index contributed by atoms with van der Waals surface area (Å²) in [5.74, 6) is 0.164. The molecule has 10 heteroatoms. The lowest BCUT2D eigenvalue weighted by Gasteiger charge is -2.12. The third kappa shape index (κ3) is 4.53. The molecule has 30 heavy (non-hydrogen) atoms. The average molecular weight is 415 g/mol. The fourth-order valence-corrected chi connectivity index (χ4v) is 2.83. The van der Waals surface area contributed by atoms with Crippen molar-refractivity contribution in [3.8, 4) is 17.8 Å². The number of methoxy groups -OCH3 is 2. The van der Waals surface area contributed by atoms with E-state index in [9.17, 15) is 4.79 Å². The quantitative estimate of drug-likeness (QED) is 0.393. The Hall–Kier alpha value is -3.56. The van der Waals surface area contributed by atoms with E-state index in [2.05, 4.69) is 21.9 Å². The number of ether oxygens (including phenoxy) is 4. The van der Waals surface area contributed by atoms with Gasteiger partial charge in [-0.1, -0.05) is 25.5 Å². The first-order valence-electron chi connectivity index (χ1n) is 9.59. The summed E-state index contributed by atoms with van der Waals surface area (Å²) in [6.45, 7) is 3.14. The van der Waals surface area contributed by atoms with E-state index in [1.807, 2.05) is 0 Å². The van der Waals surface area contributed by atoms with Crippen molar-refractivity contribution in [3.05, 3.63) is 29.8 Å². The number of para-hydroxylation sites is 1. The zero-order valence-electron chi connectivity index (χ0n) is 17.3. The van der Waals surface area contributed by atoms with Gasteiger partial charge in [-0.3, -0.25) is 4.57 Å². The average Bonchev–Trinajstić information content (AvgIpc) is 3.12. The molecule has 0 aliphatic carbocycles. The van der Waals surface area contributed by atoms with E-state index >= 15 is 0 Å². The molecule has 0 fully saturated rings. The van der Waals surface area contributed by atoms with Crippen molar-refractivity contribution in [1.82, 2.24) is 19.5 Å². The van der Waals surface area contributed by atoms with Gasteiger partial charge in [0.15, 0.2) is 17.0 Å². The Kier molecular flexibility index (Phi) is 6.89. The summed E-state index contributed by atoms with van der Waals surface area (Å²) in [7, 11) is 2.83. The minimum Gasteiger partial charge on any atom is -0.491 e. The van der Waals surface area contributed by atoms with Crippen molar-refractivity contribution in [2.75, 3.05) is 33.2 Å². The third-order valence-corrected chi connectivity index (χ3v) is 4.34. The molecular formula is C20H25N5O5. The summed E-state index contributed by atoms with van der Waals surface area (Å²) >= 11 is 0. The summed E-state index contributed by atoms with van der Waals surface area (Å²) in [6, 6.07) is 7.38. The Labute approximate surface area is 173 Å². The molecule has 2 aromatic heterocycles. The Bertz CT molecular complexity index is 1020. The zero-order chi connectivity index (χ0) is 21.5. The van der Waals surface area contributed by atoms with Gasteiger partial charge in [0.25, 0.3) is 6.01 Å². The lowest BCUT2D eigenvalue weighted by molar-refractivity contribution is 0.0595. The van der Waals surface area contributed by atoms with Crippen LogP contribution in [0, 0.1) is 0 Å². The molecule has 0 bridgehead atoms. The van der Waals surface area contributed by atoms with Gasteiger partial charge in [-0.15, -0.1) is 0 Å². The zero-order valence-corrected chi connectivity index (χ0v) is 17.3. The number of hydrogen-bond acceptors (Lipinski definition) is 9. The van der Waals surface area contributed by atoms with Crippen LogP contribution in [-0.2, 0) is 11.3 Å². The number of nitrogen functional groups attached to an aromatic ring is 1. The van der Waals surface area contributed by atoms with Gasteiger partial charge < -0.3 is 24.7 Å². The molecule has 0 spiro atoms. The fraction of sp³-hybridized carbons (Fsp3) is 0.400. The Balaban J connectivity index is 1.82. The molecule has 2 N–H and O–H groups in total. The van der Waals surface area contributed by atoms with Crippen molar-refractivity contribution in [2.24, 2.45) is 0 Å². The van der Waals surface area contributed by atoms with Gasteiger partial charge in [0.05, 0.1) is 27.4 Å². The first-order valence-corrected chi connectivity index (χ1v) is 9.59. The molecule has 0 atom stereocenters. The van der Waals surface area contributed by atoms with Crippen LogP contribution in [0.15, 0.2) is 24.3 Å². The highest BCUT2D eigenvalue weighted by Gasteiger charge is 2.18. The number of hydrogen-bond donors (Lipinski definition) is 1. The summed E-state index contributed by atoms with van der Waals surface area (Å²) < 4.78 is 23.3. The maximum Gasteiger partial charge on any atom is 0.341 e. The van der Waals surface area contributed by atoms with Crippen LogP contribution in [0.25, 0.3) is 11.2 Å². The van der Waals surface area contributed by atoms with Crippen LogP contribution < -0.4 is 19.9 Å². The summed E-state index contributed by atoms with van der Waals surface area (Å²) in [5, 5.41) is 0. The number of nitrogens with zero attached hydrogens (tertiary/aromatic N) is 4. The molecule has 0 aliphatic heterocycles. The van der Waals surface area contributed by atoms with E-state index < -0.39 is 5.97 Å². The second-order valence-electron chi connectivity index (χ2n) is 6.35. The van der Waals surface area contributed by atoms with Crippen molar-refractivity contribution >= 4 is 23.0 Å². The van der Waals surface area contributed by atoms with Crippen LogP contribution in [0.2, 0.25) is 0 Å². The summed E-state index contributed by atoms with van der Waals surface area (Å²) in [6.07, 6.45) is 1.88. The maximum absolute atomic E-state index is 11.9. The van der Waals surface area contributed by atoms with Gasteiger partial charge in [0.1, 0.15) is 17.9 Å². The van der Waals surface area contributed by atoms with E-state index in [1.165, 1.54) is 14.2 Å². The molecule has 10 nitrogen and oxygen atoms in total. The van der Waals surface area contributed by atoms with Crippen LogP contribution >= 0.6 is 0 Å². The van der Waals surface area contributed by atoms with Crippen LogP contribution in [0.1, 0.15) is 30.1 Å².